The zero-order valence-corrected chi connectivity index (χ0v) is 9.21. The zero-order valence-electron chi connectivity index (χ0n) is 9.21. The number of nitrogens with one attached hydrogen (secondary N) is 1. The smallest absolute Gasteiger partial charge is 0.00173 e. The summed E-state index contributed by atoms with van der Waals surface area (Å²) in [4.78, 5) is 0. The lowest BCUT2D eigenvalue weighted by atomic mass is 9.77. The van der Waals surface area contributed by atoms with E-state index in [1.807, 2.05) is 0 Å². The van der Waals surface area contributed by atoms with E-state index in [-0.39, 0.29) is 0 Å². The van der Waals surface area contributed by atoms with Crippen molar-refractivity contribution in [3.8, 4) is 0 Å². The Balaban J connectivity index is 1.76. The molecule has 1 aliphatic heterocycles. The normalized spacial score (nSPS) is 30.1. The number of benzene rings is 1. The highest BCUT2D eigenvalue weighted by atomic mass is 14.9. The van der Waals surface area contributed by atoms with Crippen molar-refractivity contribution in [1.82, 2.24) is 5.32 Å². The molecule has 15 heavy (non-hydrogen) atoms. The molecule has 1 aromatic rings. The second kappa shape index (κ2) is 3.97. The minimum absolute atomic E-state index is 0.940. The van der Waals surface area contributed by atoms with E-state index in [0.717, 1.165) is 11.8 Å². The van der Waals surface area contributed by atoms with Gasteiger partial charge in [0.2, 0.25) is 0 Å². The van der Waals surface area contributed by atoms with E-state index in [4.69, 9.17) is 0 Å². The summed E-state index contributed by atoms with van der Waals surface area (Å²) in [5, 5.41) is 3.49. The van der Waals surface area contributed by atoms with Gasteiger partial charge in [-0.2, -0.15) is 0 Å². The van der Waals surface area contributed by atoms with Crippen molar-refractivity contribution in [3.05, 3.63) is 35.4 Å². The van der Waals surface area contributed by atoms with Gasteiger partial charge < -0.3 is 5.32 Å². The molecule has 1 fully saturated rings. The average molecular weight is 201 g/mol. The fourth-order valence-electron chi connectivity index (χ4n) is 3.21. The van der Waals surface area contributed by atoms with E-state index in [2.05, 4.69) is 29.6 Å². The molecule has 0 bridgehead atoms. The molecule has 1 heteroatoms. The second-order valence-electron chi connectivity index (χ2n) is 5.02. The topological polar surface area (TPSA) is 12.0 Å². The van der Waals surface area contributed by atoms with Crippen LogP contribution in [0.2, 0.25) is 0 Å². The summed E-state index contributed by atoms with van der Waals surface area (Å²) >= 11 is 0. The molecule has 1 nitrogen and oxygen atoms in total. The molecule has 1 saturated heterocycles. The first-order valence-corrected chi connectivity index (χ1v) is 6.21. The van der Waals surface area contributed by atoms with E-state index in [1.165, 1.54) is 38.8 Å². The van der Waals surface area contributed by atoms with Crippen LogP contribution in [-0.4, -0.2) is 13.1 Å². The summed E-state index contributed by atoms with van der Waals surface area (Å²) in [6.45, 7) is 2.50. The molecule has 80 valence electrons. The SMILES string of the molecule is c1ccc2c(c1)CCC(C1CCNC1)C2. The van der Waals surface area contributed by atoms with E-state index in [0.29, 0.717) is 0 Å². The van der Waals surface area contributed by atoms with Crippen LogP contribution in [0.25, 0.3) is 0 Å². The van der Waals surface area contributed by atoms with Crippen molar-refractivity contribution in [1.29, 1.82) is 0 Å². The van der Waals surface area contributed by atoms with Crippen LogP contribution in [0.4, 0.5) is 0 Å². The highest BCUT2D eigenvalue weighted by Crippen LogP contribution is 2.32. The Morgan fingerprint density at radius 3 is 2.67 bits per heavy atom. The minimum atomic E-state index is 0.940. The molecule has 2 atom stereocenters. The van der Waals surface area contributed by atoms with E-state index < -0.39 is 0 Å². The first-order valence-electron chi connectivity index (χ1n) is 6.21. The van der Waals surface area contributed by atoms with Crippen LogP contribution in [-0.2, 0) is 12.8 Å². The Hall–Kier alpha value is -0.820. The molecule has 1 aromatic carbocycles. The summed E-state index contributed by atoms with van der Waals surface area (Å²) in [6.07, 6.45) is 5.43. The van der Waals surface area contributed by atoms with Gasteiger partial charge in [0.1, 0.15) is 0 Å². The summed E-state index contributed by atoms with van der Waals surface area (Å²) in [5.41, 5.74) is 3.21. The van der Waals surface area contributed by atoms with Gasteiger partial charge >= 0.3 is 0 Å². The Morgan fingerprint density at radius 1 is 1.00 bits per heavy atom. The Kier molecular flexibility index (Phi) is 2.49. The minimum Gasteiger partial charge on any atom is -0.316 e. The largest absolute Gasteiger partial charge is 0.316 e. The summed E-state index contributed by atoms with van der Waals surface area (Å²) in [7, 11) is 0. The lowest BCUT2D eigenvalue weighted by Crippen LogP contribution is -2.24. The molecule has 2 aliphatic rings. The van der Waals surface area contributed by atoms with Gasteiger partial charge in [-0.15, -0.1) is 0 Å². The van der Waals surface area contributed by atoms with E-state index in [1.54, 1.807) is 11.1 Å². The maximum atomic E-state index is 3.49. The quantitative estimate of drug-likeness (QED) is 0.735. The van der Waals surface area contributed by atoms with Crippen molar-refractivity contribution in [3.63, 3.8) is 0 Å². The van der Waals surface area contributed by atoms with Crippen LogP contribution in [0, 0.1) is 11.8 Å². The average Bonchev–Trinajstić information content (AvgIpc) is 2.82. The summed E-state index contributed by atoms with van der Waals surface area (Å²) < 4.78 is 0. The number of fused-ring (bicyclic) bond motifs is 1. The molecule has 0 radical (unpaired) electrons. The lowest BCUT2D eigenvalue weighted by Gasteiger charge is -2.28. The molecule has 3 rings (SSSR count). The molecular formula is C14H19N. The molecule has 1 aliphatic carbocycles. The number of hydrogen-bond acceptors (Lipinski definition) is 1. The fraction of sp³-hybridized carbons (Fsp3) is 0.571. The van der Waals surface area contributed by atoms with Gasteiger partial charge in [0.05, 0.1) is 0 Å². The lowest BCUT2D eigenvalue weighted by molar-refractivity contribution is 0.320. The van der Waals surface area contributed by atoms with Crippen molar-refractivity contribution < 1.29 is 0 Å². The van der Waals surface area contributed by atoms with Crippen molar-refractivity contribution in [2.24, 2.45) is 11.8 Å². The highest BCUT2D eigenvalue weighted by Gasteiger charge is 2.27. The van der Waals surface area contributed by atoms with E-state index >= 15 is 0 Å². The monoisotopic (exact) mass is 201 g/mol. The first-order chi connectivity index (χ1) is 7.43. The molecule has 1 heterocycles. The Bertz CT molecular complexity index is 339. The molecular weight excluding hydrogens is 182 g/mol. The molecule has 0 aromatic heterocycles. The zero-order chi connectivity index (χ0) is 10.1. The predicted octanol–water partition coefficient (Wildman–Crippen LogP) is 2.40. The van der Waals surface area contributed by atoms with Gasteiger partial charge in [-0.25, -0.2) is 0 Å². The number of hydrogen-bond donors (Lipinski definition) is 1. The van der Waals surface area contributed by atoms with Crippen LogP contribution >= 0.6 is 0 Å². The molecule has 2 unspecified atom stereocenters. The maximum Gasteiger partial charge on any atom is -0.00173 e. The predicted molar refractivity (Wildman–Crippen MR) is 62.9 cm³/mol. The van der Waals surface area contributed by atoms with Gasteiger partial charge in [-0.1, -0.05) is 24.3 Å². The van der Waals surface area contributed by atoms with Gasteiger partial charge in [-0.3, -0.25) is 0 Å². The number of aryl methyl sites for hydroxylation is 1. The van der Waals surface area contributed by atoms with Crippen LogP contribution in [0.3, 0.4) is 0 Å². The number of rotatable bonds is 1. The highest BCUT2D eigenvalue weighted by molar-refractivity contribution is 5.29. The van der Waals surface area contributed by atoms with Crippen molar-refractivity contribution in [2.45, 2.75) is 25.7 Å². The van der Waals surface area contributed by atoms with Crippen LogP contribution in [0.1, 0.15) is 24.0 Å². The summed E-state index contributed by atoms with van der Waals surface area (Å²) in [6, 6.07) is 8.99. The first kappa shape index (κ1) is 9.41. The molecule has 0 amide bonds. The third-order valence-electron chi connectivity index (χ3n) is 4.15. The van der Waals surface area contributed by atoms with Gasteiger partial charge in [-0.05, 0) is 61.7 Å². The third kappa shape index (κ3) is 1.81. The van der Waals surface area contributed by atoms with Crippen molar-refractivity contribution >= 4 is 0 Å². The van der Waals surface area contributed by atoms with Crippen LogP contribution in [0.5, 0.6) is 0 Å². The van der Waals surface area contributed by atoms with E-state index in [9.17, 15) is 0 Å². The van der Waals surface area contributed by atoms with Crippen molar-refractivity contribution in [2.75, 3.05) is 13.1 Å². The summed E-state index contributed by atoms with van der Waals surface area (Å²) in [5.74, 6) is 1.88. The van der Waals surface area contributed by atoms with Crippen LogP contribution in [0.15, 0.2) is 24.3 Å². The standard InChI is InChI=1S/C14H19N/c1-2-4-12-9-13(6-5-11(12)3-1)14-7-8-15-10-14/h1-4,13-15H,5-10H2. The van der Waals surface area contributed by atoms with Gasteiger partial charge in [0.25, 0.3) is 0 Å². The fourth-order valence-corrected chi connectivity index (χ4v) is 3.21. The molecule has 0 spiro atoms. The maximum absolute atomic E-state index is 3.49. The Labute approximate surface area is 91.9 Å². The van der Waals surface area contributed by atoms with Crippen LogP contribution < -0.4 is 5.32 Å². The van der Waals surface area contributed by atoms with Gasteiger partial charge in [0, 0.05) is 0 Å². The Morgan fingerprint density at radius 2 is 1.87 bits per heavy atom. The second-order valence-corrected chi connectivity index (χ2v) is 5.02. The van der Waals surface area contributed by atoms with Gasteiger partial charge in [0.15, 0.2) is 0 Å². The molecule has 0 saturated carbocycles. The third-order valence-corrected chi connectivity index (χ3v) is 4.15. The molecule has 1 N–H and O–H groups in total.